The minimum atomic E-state index is -0.155. The van der Waals surface area contributed by atoms with Crippen molar-refractivity contribution < 1.29 is 9.21 Å². The molecular weight excluding hydrogens is 224 g/mol. The SMILES string of the molecule is Cc1cc(C(=O)NCC(C)C(N)=S)c(C)o1. The number of furan rings is 1. The van der Waals surface area contributed by atoms with E-state index in [2.05, 4.69) is 5.32 Å². The molecule has 0 bridgehead atoms. The van der Waals surface area contributed by atoms with Crippen molar-refractivity contribution in [2.24, 2.45) is 11.7 Å². The second-order valence-electron chi connectivity index (χ2n) is 3.84. The minimum absolute atomic E-state index is 0.00717. The lowest BCUT2D eigenvalue weighted by molar-refractivity contribution is 0.0950. The molecule has 1 aromatic heterocycles. The maximum Gasteiger partial charge on any atom is 0.254 e. The number of amides is 1. The normalized spacial score (nSPS) is 12.2. The number of thiocarbonyl (C=S) groups is 1. The third-order valence-corrected chi connectivity index (χ3v) is 2.74. The predicted molar refractivity (Wildman–Crippen MR) is 66.5 cm³/mol. The molecule has 0 radical (unpaired) electrons. The van der Waals surface area contributed by atoms with Gasteiger partial charge in [0.15, 0.2) is 0 Å². The molecule has 1 atom stereocenters. The van der Waals surface area contributed by atoms with Crippen LogP contribution in [0.25, 0.3) is 0 Å². The lowest BCUT2D eigenvalue weighted by Gasteiger charge is -2.10. The fraction of sp³-hybridized carbons (Fsp3) is 0.455. The molecule has 1 aromatic rings. The molecule has 1 rings (SSSR count). The molecule has 3 N–H and O–H groups in total. The highest BCUT2D eigenvalue weighted by molar-refractivity contribution is 7.80. The molecule has 0 fully saturated rings. The van der Waals surface area contributed by atoms with Gasteiger partial charge < -0.3 is 15.5 Å². The molecule has 88 valence electrons. The summed E-state index contributed by atoms with van der Waals surface area (Å²) in [7, 11) is 0. The Morgan fingerprint density at radius 1 is 1.62 bits per heavy atom. The highest BCUT2D eigenvalue weighted by Gasteiger charge is 2.14. The summed E-state index contributed by atoms with van der Waals surface area (Å²) in [6.45, 7) is 5.88. The summed E-state index contributed by atoms with van der Waals surface area (Å²) < 4.78 is 5.28. The van der Waals surface area contributed by atoms with Gasteiger partial charge >= 0.3 is 0 Å². The summed E-state index contributed by atoms with van der Waals surface area (Å²) in [6, 6.07) is 1.72. The van der Waals surface area contributed by atoms with Gasteiger partial charge in [0, 0.05) is 12.5 Å². The molecule has 0 saturated carbocycles. The van der Waals surface area contributed by atoms with E-state index >= 15 is 0 Å². The van der Waals surface area contributed by atoms with Gasteiger partial charge in [-0.15, -0.1) is 0 Å². The van der Waals surface area contributed by atoms with Crippen molar-refractivity contribution in [2.45, 2.75) is 20.8 Å². The van der Waals surface area contributed by atoms with E-state index in [1.165, 1.54) is 0 Å². The van der Waals surface area contributed by atoms with Gasteiger partial charge in [-0.05, 0) is 19.9 Å². The number of hydrogen-bond acceptors (Lipinski definition) is 3. The third-order valence-electron chi connectivity index (χ3n) is 2.34. The largest absolute Gasteiger partial charge is 0.466 e. The third kappa shape index (κ3) is 3.06. The van der Waals surface area contributed by atoms with Gasteiger partial charge in [0.1, 0.15) is 11.5 Å². The zero-order valence-corrected chi connectivity index (χ0v) is 10.5. The van der Waals surface area contributed by atoms with Crippen molar-refractivity contribution >= 4 is 23.1 Å². The molecule has 1 heterocycles. The van der Waals surface area contributed by atoms with Crippen LogP contribution in [0.2, 0.25) is 0 Å². The first kappa shape index (κ1) is 12.7. The Bertz CT molecular complexity index is 412. The van der Waals surface area contributed by atoms with Gasteiger partial charge in [-0.3, -0.25) is 4.79 Å². The standard InChI is InChI=1S/C11H16N2O2S/c1-6(10(12)16)5-13-11(14)9-4-7(2)15-8(9)3/h4,6H,5H2,1-3H3,(H2,12,16)(H,13,14). The lowest BCUT2D eigenvalue weighted by Crippen LogP contribution is -2.33. The lowest BCUT2D eigenvalue weighted by atomic mass is 10.1. The summed E-state index contributed by atoms with van der Waals surface area (Å²) >= 11 is 4.82. The molecule has 0 spiro atoms. The van der Waals surface area contributed by atoms with Gasteiger partial charge in [0.05, 0.1) is 10.6 Å². The quantitative estimate of drug-likeness (QED) is 0.783. The molecule has 0 aliphatic heterocycles. The average molecular weight is 240 g/mol. The van der Waals surface area contributed by atoms with E-state index in [9.17, 15) is 4.79 Å². The summed E-state index contributed by atoms with van der Waals surface area (Å²) in [4.78, 5) is 12.2. The molecule has 0 aromatic carbocycles. The van der Waals surface area contributed by atoms with E-state index in [0.717, 1.165) is 5.76 Å². The van der Waals surface area contributed by atoms with Gasteiger partial charge in [-0.2, -0.15) is 0 Å². The summed E-state index contributed by atoms with van der Waals surface area (Å²) in [5.74, 6) is 1.19. The number of nitrogens with one attached hydrogen (secondary N) is 1. The molecular formula is C11H16N2O2S. The van der Waals surface area contributed by atoms with Crippen LogP contribution in [0.15, 0.2) is 10.5 Å². The first-order valence-corrected chi connectivity index (χ1v) is 5.47. The van der Waals surface area contributed by atoms with Crippen LogP contribution in [-0.2, 0) is 0 Å². The number of rotatable bonds is 4. The van der Waals surface area contributed by atoms with Gasteiger partial charge in [-0.1, -0.05) is 19.1 Å². The Hall–Kier alpha value is -1.36. The average Bonchev–Trinajstić information content (AvgIpc) is 2.53. The molecule has 0 aliphatic carbocycles. The van der Waals surface area contributed by atoms with Gasteiger partial charge in [0.25, 0.3) is 5.91 Å². The fourth-order valence-electron chi connectivity index (χ4n) is 1.30. The van der Waals surface area contributed by atoms with Crippen LogP contribution in [0.3, 0.4) is 0 Å². The summed E-state index contributed by atoms with van der Waals surface area (Å²) in [5, 5.41) is 2.77. The Kier molecular flexibility index (Phi) is 4.06. The van der Waals surface area contributed by atoms with Crippen LogP contribution in [0, 0.1) is 19.8 Å². The van der Waals surface area contributed by atoms with Crippen molar-refractivity contribution in [3.05, 3.63) is 23.2 Å². The number of hydrogen-bond donors (Lipinski definition) is 2. The Balaban J connectivity index is 2.60. The van der Waals surface area contributed by atoms with Gasteiger partial charge in [0.2, 0.25) is 0 Å². The highest BCUT2D eigenvalue weighted by atomic mass is 32.1. The highest BCUT2D eigenvalue weighted by Crippen LogP contribution is 2.13. The van der Waals surface area contributed by atoms with Crippen LogP contribution in [-0.4, -0.2) is 17.4 Å². The van der Waals surface area contributed by atoms with Crippen LogP contribution >= 0.6 is 12.2 Å². The maximum atomic E-state index is 11.8. The Labute approximate surface area is 100 Å². The molecule has 1 unspecified atom stereocenters. The second kappa shape index (κ2) is 5.12. The topological polar surface area (TPSA) is 68.3 Å². The van der Waals surface area contributed by atoms with E-state index in [1.807, 2.05) is 6.92 Å². The van der Waals surface area contributed by atoms with Gasteiger partial charge in [-0.25, -0.2) is 0 Å². The van der Waals surface area contributed by atoms with Crippen molar-refractivity contribution in [2.75, 3.05) is 6.54 Å². The van der Waals surface area contributed by atoms with Crippen LogP contribution in [0.5, 0.6) is 0 Å². The second-order valence-corrected chi connectivity index (χ2v) is 4.31. The van der Waals surface area contributed by atoms with Crippen LogP contribution in [0.4, 0.5) is 0 Å². The molecule has 5 heteroatoms. The fourth-order valence-corrected chi connectivity index (χ4v) is 1.38. The van der Waals surface area contributed by atoms with Crippen LogP contribution < -0.4 is 11.1 Å². The molecule has 4 nitrogen and oxygen atoms in total. The molecule has 0 saturated heterocycles. The smallest absolute Gasteiger partial charge is 0.254 e. The van der Waals surface area contributed by atoms with E-state index in [4.69, 9.17) is 22.4 Å². The van der Waals surface area contributed by atoms with Crippen molar-refractivity contribution in [3.8, 4) is 0 Å². The van der Waals surface area contributed by atoms with Crippen molar-refractivity contribution in [1.82, 2.24) is 5.32 Å². The van der Waals surface area contributed by atoms with E-state index < -0.39 is 0 Å². The van der Waals surface area contributed by atoms with Crippen LogP contribution in [0.1, 0.15) is 28.8 Å². The van der Waals surface area contributed by atoms with Crippen molar-refractivity contribution in [1.29, 1.82) is 0 Å². The Morgan fingerprint density at radius 3 is 2.69 bits per heavy atom. The zero-order chi connectivity index (χ0) is 12.3. The van der Waals surface area contributed by atoms with E-state index in [-0.39, 0.29) is 11.8 Å². The first-order valence-electron chi connectivity index (χ1n) is 5.06. The molecule has 0 aliphatic rings. The van der Waals surface area contributed by atoms with E-state index in [1.54, 1.807) is 19.9 Å². The number of carbonyl (C=O) groups excluding carboxylic acids is 1. The first-order chi connectivity index (χ1) is 7.41. The Morgan fingerprint density at radius 2 is 2.25 bits per heavy atom. The number of aryl methyl sites for hydroxylation is 2. The monoisotopic (exact) mass is 240 g/mol. The minimum Gasteiger partial charge on any atom is -0.466 e. The zero-order valence-electron chi connectivity index (χ0n) is 9.66. The summed E-state index contributed by atoms with van der Waals surface area (Å²) in [6.07, 6.45) is 0. The predicted octanol–water partition coefficient (Wildman–Crippen LogP) is 1.55. The number of nitrogens with two attached hydrogens (primary N) is 1. The van der Waals surface area contributed by atoms with Crippen molar-refractivity contribution in [3.63, 3.8) is 0 Å². The molecule has 16 heavy (non-hydrogen) atoms. The number of carbonyl (C=O) groups is 1. The summed E-state index contributed by atoms with van der Waals surface area (Å²) in [5.41, 5.74) is 6.02. The van der Waals surface area contributed by atoms with E-state index in [0.29, 0.717) is 22.9 Å². The maximum absolute atomic E-state index is 11.8. The molecule has 1 amide bonds.